The number of pyridine rings is 2. The molecule has 5 rings (SSSR count). The van der Waals surface area contributed by atoms with Crippen LogP contribution in [0.5, 0.6) is 0 Å². The van der Waals surface area contributed by atoms with Crippen LogP contribution in [0.1, 0.15) is 36.5 Å². The van der Waals surface area contributed by atoms with Crippen molar-refractivity contribution in [3.8, 4) is 11.4 Å². The first-order chi connectivity index (χ1) is 19.3. The molecular weight excluding hydrogens is 522 g/mol. The molecule has 0 bridgehead atoms. The maximum atomic E-state index is 13.5. The van der Waals surface area contributed by atoms with Crippen LogP contribution in [-0.4, -0.2) is 61.8 Å². The van der Waals surface area contributed by atoms with Gasteiger partial charge in [0, 0.05) is 50.5 Å². The molecule has 1 fully saturated rings. The highest BCUT2D eigenvalue weighted by atomic mass is 32.2. The van der Waals surface area contributed by atoms with Crippen molar-refractivity contribution in [1.29, 1.82) is 0 Å². The molecule has 0 atom stereocenters. The number of rotatable bonds is 9. The summed E-state index contributed by atoms with van der Waals surface area (Å²) in [5, 5.41) is 3.53. The third-order valence-corrected chi connectivity index (χ3v) is 9.38. The van der Waals surface area contributed by atoms with Crippen molar-refractivity contribution in [2.75, 3.05) is 38.1 Å². The fourth-order valence-corrected chi connectivity index (χ4v) is 6.49. The normalized spacial score (nSPS) is 14.8. The Bertz CT molecular complexity index is 1570. The number of para-hydroxylation sites is 1. The maximum absolute atomic E-state index is 13.5. The van der Waals surface area contributed by atoms with Crippen LogP contribution in [-0.2, 0) is 10.0 Å². The van der Waals surface area contributed by atoms with Gasteiger partial charge in [0.1, 0.15) is 0 Å². The molecule has 1 aliphatic rings. The van der Waals surface area contributed by atoms with Crippen LogP contribution in [0, 0.1) is 5.92 Å². The van der Waals surface area contributed by atoms with Crippen molar-refractivity contribution in [1.82, 2.24) is 19.6 Å². The molecule has 3 heterocycles. The molecule has 0 aliphatic carbocycles. The van der Waals surface area contributed by atoms with E-state index in [4.69, 9.17) is 4.98 Å². The third kappa shape index (κ3) is 6.16. The van der Waals surface area contributed by atoms with Gasteiger partial charge in [0.15, 0.2) is 0 Å². The lowest BCUT2D eigenvalue weighted by Crippen LogP contribution is -2.37. The highest BCUT2D eigenvalue weighted by Gasteiger charge is 2.29. The van der Waals surface area contributed by atoms with E-state index in [0.717, 1.165) is 31.5 Å². The molecule has 0 saturated carbocycles. The zero-order valence-corrected chi connectivity index (χ0v) is 23.8. The molecule has 0 spiro atoms. The quantitative estimate of drug-likeness (QED) is 0.292. The van der Waals surface area contributed by atoms with Gasteiger partial charge in [0.05, 0.1) is 27.4 Å². The molecule has 1 saturated heterocycles. The van der Waals surface area contributed by atoms with Crippen LogP contribution < -0.4 is 10.2 Å². The fourth-order valence-electron chi connectivity index (χ4n) is 5.00. The van der Waals surface area contributed by atoms with Crippen LogP contribution in [0.15, 0.2) is 83.9 Å². The first-order valence-corrected chi connectivity index (χ1v) is 15.2. The van der Waals surface area contributed by atoms with E-state index in [-0.39, 0.29) is 10.8 Å². The minimum Gasteiger partial charge on any atom is -0.375 e. The first-order valence-electron chi connectivity index (χ1n) is 13.7. The Morgan fingerprint density at radius 3 is 2.48 bits per heavy atom. The Hall–Kier alpha value is -3.82. The summed E-state index contributed by atoms with van der Waals surface area (Å²) in [6, 6.07) is 22.2. The zero-order valence-electron chi connectivity index (χ0n) is 23.0. The lowest BCUT2D eigenvalue weighted by atomic mass is 10.0. The van der Waals surface area contributed by atoms with E-state index >= 15 is 0 Å². The molecule has 2 aromatic carbocycles. The van der Waals surface area contributed by atoms with Crippen molar-refractivity contribution < 1.29 is 13.2 Å². The summed E-state index contributed by atoms with van der Waals surface area (Å²) < 4.78 is 28.5. The molecule has 9 heteroatoms. The van der Waals surface area contributed by atoms with Crippen molar-refractivity contribution >= 4 is 32.5 Å². The number of anilines is 1. The minimum atomic E-state index is -3.68. The highest BCUT2D eigenvalue weighted by Crippen LogP contribution is 2.29. The van der Waals surface area contributed by atoms with E-state index in [1.54, 1.807) is 34.8 Å². The molecule has 8 nitrogen and oxygen atoms in total. The predicted octanol–water partition coefficient (Wildman–Crippen LogP) is 4.97. The Kier molecular flexibility index (Phi) is 8.42. The lowest BCUT2D eigenvalue weighted by Gasteiger charge is -2.29. The number of carbonyl (C=O) groups excluding carboxylic acids is 1. The second kappa shape index (κ2) is 12.1. The summed E-state index contributed by atoms with van der Waals surface area (Å²) in [6.07, 6.45) is 4.11. The molecule has 4 aromatic rings. The van der Waals surface area contributed by atoms with Gasteiger partial charge in [-0.05, 0) is 73.7 Å². The van der Waals surface area contributed by atoms with E-state index in [1.165, 1.54) is 0 Å². The second-order valence-electron chi connectivity index (χ2n) is 10.4. The van der Waals surface area contributed by atoms with Gasteiger partial charge in [-0.15, -0.1) is 0 Å². The van der Waals surface area contributed by atoms with Gasteiger partial charge in [-0.2, -0.15) is 4.31 Å². The average Bonchev–Trinajstić information content (AvgIpc) is 2.99. The Labute approximate surface area is 236 Å². The molecule has 1 amide bonds. The van der Waals surface area contributed by atoms with E-state index in [2.05, 4.69) is 34.3 Å². The van der Waals surface area contributed by atoms with Gasteiger partial charge in [-0.1, -0.05) is 31.2 Å². The smallest absolute Gasteiger partial charge is 0.252 e. The van der Waals surface area contributed by atoms with Crippen LogP contribution in [0.3, 0.4) is 0 Å². The second-order valence-corrected chi connectivity index (χ2v) is 12.3. The topological polar surface area (TPSA) is 95.5 Å². The zero-order chi connectivity index (χ0) is 28.1. The number of hydrogen-bond donors (Lipinski definition) is 1. The summed E-state index contributed by atoms with van der Waals surface area (Å²) in [5.74, 6) is 0.244. The SMILES string of the molecule is CC1CCN(S(=O)(=O)c2ccc3nc(-c4ccccn4)cc(C(=O)NCCCN(C)c4ccccc4)c3c2)CC1. The van der Waals surface area contributed by atoms with Crippen molar-refractivity contribution in [3.63, 3.8) is 0 Å². The standard InChI is InChI=1S/C31H35N5O3S/c1-23-14-19-36(20-15-23)40(38,39)25-12-13-28-26(21-25)27(22-30(34-28)29-11-6-7-16-32-29)31(37)33-17-8-18-35(2)24-9-4-3-5-10-24/h3-7,9-13,16,21-23H,8,14-15,17-20H2,1-2H3,(H,33,37). The van der Waals surface area contributed by atoms with Crippen LogP contribution in [0.4, 0.5) is 5.69 Å². The number of nitrogens with zero attached hydrogens (tertiary/aromatic N) is 4. The number of nitrogens with one attached hydrogen (secondary N) is 1. The maximum Gasteiger partial charge on any atom is 0.252 e. The largest absolute Gasteiger partial charge is 0.375 e. The number of sulfonamides is 1. The van der Waals surface area contributed by atoms with Crippen LogP contribution in [0.2, 0.25) is 0 Å². The Balaban J connectivity index is 1.42. The van der Waals surface area contributed by atoms with Gasteiger partial charge < -0.3 is 10.2 Å². The van der Waals surface area contributed by atoms with Crippen molar-refractivity contribution in [2.45, 2.75) is 31.1 Å². The highest BCUT2D eigenvalue weighted by molar-refractivity contribution is 7.89. The summed E-state index contributed by atoms with van der Waals surface area (Å²) >= 11 is 0. The molecule has 1 aliphatic heterocycles. The Morgan fingerprint density at radius 2 is 1.75 bits per heavy atom. The number of aromatic nitrogens is 2. The monoisotopic (exact) mass is 557 g/mol. The Morgan fingerprint density at radius 1 is 1.00 bits per heavy atom. The summed E-state index contributed by atoms with van der Waals surface area (Å²) in [7, 11) is -1.66. The van der Waals surface area contributed by atoms with Crippen LogP contribution >= 0.6 is 0 Å². The first kappa shape index (κ1) is 27.7. The summed E-state index contributed by atoms with van der Waals surface area (Å²) in [5.41, 5.74) is 3.24. The van der Waals surface area contributed by atoms with Gasteiger partial charge in [0.25, 0.3) is 5.91 Å². The average molecular weight is 558 g/mol. The van der Waals surface area contributed by atoms with E-state index < -0.39 is 10.0 Å². The van der Waals surface area contributed by atoms with Crippen molar-refractivity contribution in [3.05, 3.63) is 84.6 Å². The van der Waals surface area contributed by atoms with Gasteiger partial charge in [-0.3, -0.25) is 9.78 Å². The number of piperidine rings is 1. The molecule has 40 heavy (non-hydrogen) atoms. The predicted molar refractivity (Wildman–Crippen MR) is 159 cm³/mol. The van der Waals surface area contributed by atoms with E-state index in [0.29, 0.717) is 53.4 Å². The number of amides is 1. The van der Waals surface area contributed by atoms with E-state index in [1.807, 2.05) is 43.4 Å². The lowest BCUT2D eigenvalue weighted by molar-refractivity contribution is 0.0955. The number of hydrogen-bond acceptors (Lipinski definition) is 6. The molecule has 2 aromatic heterocycles. The summed E-state index contributed by atoms with van der Waals surface area (Å²) in [4.78, 5) is 25.0. The summed E-state index contributed by atoms with van der Waals surface area (Å²) in [6.45, 7) is 4.40. The molecule has 1 N–H and O–H groups in total. The van der Waals surface area contributed by atoms with Gasteiger partial charge >= 0.3 is 0 Å². The number of fused-ring (bicyclic) bond motifs is 1. The fraction of sp³-hybridized carbons (Fsp3) is 0.323. The minimum absolute atomic E-state index is 0.181. The number of carbonyl (C=O) groups is 1. The van der Waals surface area contributed by atoms with Gasteiger partial charge in [0.2, 0.25) is 10.0 Å². The molecular formula is C31H35N5O3S. The van der Waals surface area contributed by atoms with Crippen LogP contribution in [0.25, 0.3) is 22.3 Å². The van der Waals surface area contributed by atoms with Gasteiger partial charge in [-0.25, -0.2) is 13.4 Å². The molecule has 0 unspecified atom stereocenters. The molecule has 208 valence electrons. The molecule has 0 radical (unpaired) electrons. The van der Waals surface area contributed by atoms with Crippen molar-refractivity contribution in [2.24, 2.45) is 5.92 Å². The number of benzene rings is 2. The third-order valence-electron chi connectivity index (χ3n) is 7.49. The van der Waals surface area contributed by atoms with E-state index in [9.17, 15) is 13.2 Å².